The second-order valence-corrected chi connectivity index (χ2v) is 8.16. The van der Waals surface area contributed by atoms with E-state index in [1.54, 1.807) is 11.3 Å². The van der Waals surface area contributed by atoms with Crippen molar-refractivity contribution in [1.29, 1.82) is 0 Å². The molecule has 1 aliphatic rings. The average molecular weight is 302 g/mol. The van der Waals surface area contributed by atoms with E-state index < -0.39 is 5.60 Å². The van der Waals surface area contributed by atoms with E-state index in [0.29, 0.717) is 5.92 Å². The first kappa shape index (κ1) is 15.1. The number of aliphatic hydroxyl groups is 1. The SMILES string of the molecule is CC(C)CC1CCCC(O)(Cc2csc3ccccc23)C1. The van der Waals surface area contributed by atoms with Crippen molar-refractivity contribution in [2.24, 2.45) is 11.8 Å². The molecular formula is C19H26OS. The number of fused-ring (bicyclic) bond motifs is 1. The zero-order chi connectivity index (χ0) is 14.9. The van der Waals surface area contributed by atoms with Gasteiger partial charge in [-0.05, 0) is 53.5 Å². The summed E-state index contributed by atoms with van der Waals surface area (Å²) in [5.74, 6) is 1.44. The van der Waals surface area contributed by atoms with Gasteiger partial charge in [0.05, 0.1) is 5.60 Å². The predicted molar refractivity (Wildman–Crippen MR) is 91.9 cm³/mol. The third-order valence-corrected chi connectivity index (χ3v) is 5.82. The van der Waals surface area contributed by atoms with Crippen LogP contribution in [0, 0.1) is 11.8 Å². The van der Waals surface area contributed by atoms with Crippen LogP contribution in [0.4, 0.5) is 0 Å². The molecule has 2 unspecified atom stereocenters. The van der Waals surface area contributed by atoms with Gasteiger partial charge in [-0.15, -0.1) is 11.3 Å². The van der Waals surface area contributed by atoms with Crippen LogP contribution in [0.25, 0.3) is 10.1 Å². The van der Waals surface area contributed by atoms with Crippen molar-refractivity contribution in [3.05, 3.63) is 35.2 Å². The van der Waals surface area contributed by atoms with Crippen LogP contribution >= 0.6 is 11.3 Å². The molecule has 3 rings (SSSR count). The summed E-state index contributed by atoms with van der Waals surface area (Å²) in [7, 11) is 0. The molecule has 2 aromatic rings. The van der Waals surface area contributed by atoms with Gasteiger partial charge >= 0.3 is 0 Å². The van der Waals surface area contributed by atoms with E-state index >= 15 is 0 Å². The van der Waals surface area contributed by atoms with E-state index in [2.05, 4.69) is 43.5 Å². The summed E-state index contributed by atoms with van der Waals surface area (Å²) in [4.78, 5) is 0. The summed E-state index contributed by atoms with van der Waals surface area (Å²) in [5, 5.41) is 14.7. The molecule has 1 saturated carbocycles. The Kier molecular flexibility index (Phi) is 4.37. The van der Waals surface area contributed by atoms with Crippen molar-refractivity contribution in [2.45, 2.75) is 58.0 Å². The van der Waals surface area contributed by atoms with Gasteiger partial charge in [0.2, 0.25) is 0 Å². The normalized spacial score (nSPS) is 26.6. The number of rotatable bonds is 4. The van der Waals surface area contributed by atoms with Gasteiger partial charge in [0.15, 0.2) is 0 Å². The van der Waals surface area contributed by atoms with E-state index in [1.807, 2.05) is 0 Å². The third-order valence-electron chi connectivity index (χ3n) is 4.81. The molecule has 1 N–H and O–H groups in total. The Balaban J connectivity index is 1.76. The lowest BCUT2D eigenvalue weighted by Gasteiger charge is -2.37. The molecule has 0 saturated heterocycles. The molecule has 0 amide bonds. The quantitative estimate of drug-likeness (QED) is 0.800. The van der Waals surface area contributed by atoms with E-state index in [9.17, 15) is 5.11 Å². The highest BCUT2D eigenvalue weighted by Crippen LogP contribution is 2.39. The van der Waals surface area contributed by atoms with Gasteiger partial charge < -0.3 is 5.11 Å². The predicted octanol–water partition coefficient (Wildman–Crippen LogP) is 5.41. The highest BCUT2D eigenvalue weighted by atomic mass is 32.1. The molecule has 2 heteroatoms. The maximum atomic E-state index is 11.1. The van der Waals surface area contributed by atoms with Gasteiger partial charge in [-0.1, -0.05) is 44.9 Å². The van der Waals surface area contributed by atoms with Crippen LogP contribution in [0.1, 0.15) is 51.5 Å². The summed E-state index contributed by atoms with van der Waals surface area (Å²) in [6.07, 6.45) is 6.50. The zero-order valence-electron chi connectivity index (χ0n) is 13.1. The Bertz CT molecular complexity index is 600. The molecule has 1 aromatic heterocycles. The molecule has 1 nitrogen and oxygen atoms in total. The summed E-state index contributed by atoms with van der Waals surface area (Å²) in [6.45, 7) is 4.58. The fourth-order valence-electron chi connectivity index (χ4n) is 4.01. The van der Waals surface area contributed by atoms with E-state index in [1.165, 1.54) is 34.9 Å². The van der Waals surface area contributed by atoms with Crippen LogP contribution in [0.5, 0.6) is 0 Å². The minimum atomic E-state index is -0.484. The Hall–Kier alpha value is -0.860. The van der Waals surface area contributed by atoms with E-state index in [4.69, 9.17) is 0 Å². The molecular weight excluding hydrogens is 276 g/mol. The summed E-state index contributed by atoms with van der Waals surface area (Å²) in [6, 6.07) is 8.57. The standard InChI is InChI=1S/C19H26OS/c1-14(2)10-15-6-5-9-19(20,11-15)12-16-13-21-18-8-4-3-7-17(16)18/h3-4,7-8,13-15,20H,5-6,9-12H2,1-2H3. The van der Waals surface area contributed by atoms with Gasteiger partial charge in [0.1, 0.15) is 0 Å². The Morgan fingerprint density at radius 3 is 2.95 bits per heavy atom. The maximum Gasteiger partial charge on any atom is 0.0691 e. The minimum Gasteiger partial charge on any atom is -0.390 e. The highest BCUT2D eigenvalue weighted by Gasteiger charge is 2.35. The first-order valence-corrected chi connectivity index (χ1v) is 9.11. The number of hydrogen-bond acceptors (Lipinski definition) is 2. The lowest BCUT2D eigenvalue weighted by molar-refractivity contribution is -0.0186. The van der Waals surface area contributed by atoms with Crippen LogP contribution in [-0.2, 0) is 6.42 Å². The highest BCUT2D eigenvalue weighted by molar-refractivity contribution is 7.17. The second kappa shape index (κ2) is 6.10. The van der Waals surface area contributed by atoms with Crippen LogP contribution in [0.15, 0.2) is 29.6 Å². The van der Waals surface area contributed by atoms with Crippen molar-refractivity contribution in [2.75, 3.05) is 0 Å². The van der Waals surface area contributed by atoms with Gasteiger partial charge in [-0.2, -0.15) is 0 Å². The molecule has 0 bridgehead atoms. The number of thiophene rings is 1. The van der Waals surface area contributed by atoms with Crippen LogP contribution < -0.4 is 0 Å². The summed E-state index contributed by atoms with van der Waals surface area (Å²) >= 11 is 1.80. The monoisotopic (exact) mass is 302 g/mol. The largest absolute Gasteiger partial charge is 0.390 e. The molecule has 21 heavy (non-hydrogen) atoms. The fourth-order valence-corrected chi connectivity index (χ4v) is 4.98. The van der Waals surface area contributed by atoms with Crippen LogP contribution in [0.3, 0.4) is 0 Å². The van der Waals surface area contributed by atoms with Crippen molar-refractivity contribution in [1.82, 2.24) is 0 Å². The molecule has 1 fully saturated rings. The Labute approximate surface area is 132 Å². The van der Waals surface area contributed by atoms with Crippen molar-refractivity contribution >= 4 is 21.4 Å². The van der Waals surface area contributed by atoms with Crippen molar-refractivity contribution in [3.8, 4) is 0 Å². The molecule has 1 aliphatic carbocycles. The third kappa shape index (κ3) is 3.49. The lowest BCUT2D eigenvalue weighted by atomic mass is 9.73. The van der Waals surface area contributed by atoms with Gasteiger partial charge in [0, 0.05) is 11.1 Å². The molecule has 1 aromatic carbocycles. The minimum absolute atomic E-state index is 0.484. The number of benzene rings is 1. The average Bonchev–Trinajstić information content (AvgIpc) is 2.81. The fraction of sp³-hybridized carbons (Fsp3) is 0.579. The lowest BCUT2D eigenvalue weighted by Crippen LogP contribution is -2.37. The molecule has 1 heterocycles. The first-order chi connectivity index (χ1) is 10.1. The molecule has 0 spiro atoms. The van der Waals surface area contributed by atoms with Gasteiger partial charge in [0.25, 0.3) is 0 Å². The molecule has 2 atom stereocenters. The van der Waals surface area contributed by atoms with Gasteiger partial charge in [-0.3, -0.25) is 0 Å². The van der Waals surface area contributed by atoms with Crippen molar-refractivity contribution in [3.63, 3.8) is 0 Å². The number of hydrogen-bond donors (Lipinski definition) is 1. The Morgan fingerprint density at radius 2 is 2.14 bits per heavy atom. The first-order valence-electron chi connectivity index (χ1n) is 8.23. The summed E-state index contributed by atoms with van der Waals surface area (Å²) < 4.78 is 1.34. The van der Waals surface area contributed by atoms with E-state index in [-0.39, 0.29) is 0 Å². The van der Waals surface area contributed by atoms with Gasteiger partial charge in [-0.25, -0.2) is 0 Å². The van der Waals surface area contributed by atoms with E-state index in [0.717, 1.165) is 25.2 Å². The van der Waals surface area contributed by atoms with Crippen LogP contribution in [0.2, 0.25) is 0 Å². The van der Waals surface area contributed by atoms with Crippen molar-refractivity contribution < 1.29 is 5.11 Å². The zero-order valence-corrected chi connectivity index (χ0v) is 14.0. The second-order valence-electron chi connectivity index (χ2n) is 7.25. The molecule has 114 valence electrons. The molecule has 0 aliphatic heterocycles. The smallest absolute Gasteiger partial charge is 0.0691 e. The maximum absolute atomic E-state index is 11.1. The Morgan fingerprint density at radius 1 is 1.33 bits per heavy atom. The molecule has 0 radical (unpaired) electrons. The topological polar surface area (TPSA) is 20.2 Å². The van der Waals surface area contributed by atoms with Crippen LogP contribution in [-0.4, -0.2) is 10.7 Å². The summed E-state index contributed by atoms with van der Waals surface area (Å²) in [5.41, 5.74) is 0.852.